The minimum Gasteiger partial charge on any atom is -0.393 e. The Morgan fingerprint density at radius 3 is 2.87 bits per heavy atom. The second-order valence-electron chi connectivity index (χ2n) is 3.73. The number of nitriles is 1. The van der Waals surface area contributed by atoms with Crippen LogP contribution >= 0.6 is 0 Å². The summed E-state index contributed by atoms with van der Waals surface area (Å²) in [5.41, 5.74) is 2.61. The molecule has 0 fully saturated rings. The Hall–Kier alpha value is -1.53. The first-order valence-corrected chi connectivity index (χ1v) is 5.06. The van der Waals surface area contributed by atoms with E-state index in [0.717, 1.165) is 11.3 Å². The maximum absolute atomic E-state index is 9.11. The summed E-state index contributed by atoms with van der Waals surface area (Å²) in [6.07, 6.45) is 0.367. The Balaban J connectivity index is 2.67. The molecule has 0 aliphatic carbocycles. The van der Waals surface area contributed by atoms with E-state index in [-0.39, 0.29) is 6.10 Å². The molecule has 0 aliphatic rings. The van der Waals surface area contributed by atoms with Gasteiger partial charge in [-0.1, -0.05) is 6.07 Å². The Labute approximate surface area is 90.4 Å². The Kier molecular flexibility index (Phi) is 4.14. The van der Waals surface area contributed by atoms with Crippen molar-refractivity contribution in [2.24, 2.45) is 0 Å². The van der Waals surface area contributed by atoms with Gasteiger partial charge in [-0.05, 0) is 38.0 Å². The SMILES string of the molecule is Cc1ccc(C#N)c(NCCC(C)O)c1. The zero-order valence-corrected chi connectivity index (χ0v) is 9.12. The Morgan fingerprint density at radius 1 is 1.53 bits per heavy atom. The molecule has 1 atom stereocenters. The predicted molar refractivity (Wildman–Crippen MR) is 60.7 cm³/mol. The highest BCUT2D eigenvalue weighted by Gasteiger charge is 2.02. The van der Waals surface area contributed by atoms with E-state index >= 15 is 0 Å². The standard InChI is InChI=1S/C12H16N2O/c1-9-3-4-11(8-13)12(7-9)14-6-5-10(2)15/h3-4,7,10,14-15H,5-6H2,1-2H3. The van der Waals surface area contributed by atoms with Crippen molar-refractivity contribution in [3.8, 4) is 6.07 Å². The van der Waals surface area contributed by atoms with E-state index < -0.39 is 0 Å². The molecule has 0 aromatic heterocycles. The van der Waals surface area contributed by atoms with Crippen LogP contribution in [0.3, 0.4) is 0 Å². The van der Waals surface area contributed by atoms with E-state index in [4.69, 9.17) is 10.4 Å². The number of aliphatic hydroxyl groups excluding tert-OH is 1. The van der Waals surface area contributed by atoms with Crippen molar-refractivity contribution in [1.82, 2.24) is 0 Å². The summed E-state index contributed by atoms with van der Waals surface area (Å²) in [7, 11) is 0. The molecule has 1 unspecified atom stereocenters. The fraction of sp³-hybridized carbons (Fsp3) is 0.417. The molecule has 0 aliphatic heterocycles. The Morgan fingerprint density at radius 2 is 2.27 bits per heavy atom. The average molecular weight is 204 g/mol. The van der Waals surface area contributed by atoms with Crippen LogP contribution in [0.2, 0.25) is 0 Å². The van der Waals surface area contributed by atoms with Crippen LogP contribution in [0.25, 0.3) is 0 Å². The minimum absolute atomic E-state index is 0.312. The average Bonchev–Trinajstić information content (AvgIpc) is 2.17. The molecule has 1 aromatic rings. The summed E-state index contributed by atoms with van der Waals surface area (Å²) in [4.78, 5) is 0. The first-order valence-electron chi connectivity index (χ1n) is 5.06. The van der Waals surface area contributed by atoms with E-state index in [9.17, 15) is 0 Å². The summed E-state index contributed by atoms with van der Waals surface area (Å²) in [6, 6.07) is 7.80. The number of anilines is 1. The monoisotopic (exact) mass is 204 g/mol. The second kappa shape index (κ2) is 5.38. The molecule has 0 saturated carbocycles. The predicted octanol–water partition coefficient (Wildman–Crippen LogP) is 2.05. The van der Waals surface area contributed by atoms with Gasteiger partial charge >= 0.3 is 0 Å². The second-order valence-corrected chi connectivity index (χ2v) is 3.73. The molecule has 0 heterocycles. The van der Waals surface area contributed by atoms with Gasteiger partial charge in [0.05, 0.1) is 17.4 Å². The smallest absolute Gasteiger partial charge is 0.101 e. The number of aliphatic hydroxyl groups is 1. The fourth-order valence-corrected chi connectivity index (χ4v) is 1.32. The van der Waals surface area contributed by atoms with Crippen molar-refractivity contribution in [3.63, 3.8) is 0 Å². The van der Waals surface area contributed by atoms with Crippen molar-refractivity contribution >= 4 is 5.69 Å². The van der Waals surface area contributed by atoms with Crippen LogP contribution in [0, 0.1) is 18.3 Å². The van der Waals surface area contributed by atoms with Gasteiger partial charge in [0, 0.05) is 6.54 Å². The van der Waals surface area contributed by atoms with Crippen molar-refractivity contribution < 1.29 is 5.11 Å². The normalized spacial score (nSPS) is 11.9. The lowest BCUT2D eigenvalue weighted by molar-refractivity contribution is 0.189. The van der Waals surface area contributed by atoms with Crippen LogP contribution < -0.4 is 5.32 Å². The number of aryl methyl sites for hydroxylation is 1. The lowest BCUT2D eigenvalue weighted by Gasteiger charge is -2.10. The molecule has 2 N–H and O–H groups in total. The minimum atomic E-state index is -0.312. The van der Waals surface area contributed by atoms with Gasteiger partial charge in [0.2, 0.25) is 0 Å². The number of hydrogen-bond acceptors (Lipinski definition) is 3. The van der Waals surface area contributed by atoms with Crippen molar-refractivity contribution in [3.05, 3.63) is 29.3 Å². The Bertz CT molecular complexity index is 366. The highest BCUT2D eigenvalue weighted by atomic mass is 16.3. The summed E-state index contributed by atoms with van der Waals surface area (Å²) in [5, 5.41) is 21.1. The van der Waals surface area contributed by atoms with Crippen molar-refractivity contribution in [1.29, 1.82) is 5.26 Å². The summed E-state index contributed by atoms with van der Waals surface area (Å²) in [6.45, 7) is 4.42. The lowest BCUT2D eigenvalue weighted by Crippen LogP contribution is -2.10. The molecule has 80 valence electrons. The number of nitrogens with zero attached hydrogens (tertiary/aromatic N) is 1. The molecule has 1 aromatic carbocycles. The van der Waals surface area contributed by atoms with Crippen LogP contribution in [0.4, 0.5) is 5.69 Å². The number of hydrogen-bond donors (Lipinski definition) is 2. The van der Waals surface area contributed by atoms with E-state index in [2.05, 4.69) is 11.4 Å². The molecular formula is C12H16N2O. The van der Waals surface area contributed by atoms with Crippen molar-refractivity contribution in [2.45, 2.75) is 26.4 Å². The van der Waals surface area contributed by atoms with E-state index in [0.29, 0.717) is 18.5 Å². The zero-order chi connectivity index (χ0) is 11.3. The van der Waals surface area contributed by atoms with Gasteiger partial charge in [0.15, 0.2) is 0 Å². The number of nitrogens with one attached hydrogen (secondary N) is 1. The molecule has 0 saturated heterocycles. The van der Waals surface area contributed by atoms with Gasteiger partial charge in [-0.2, -0.15) is 5.26 Å². The molecule has 0 radical (unpaired) electrons. The molecule has 0 amide bonds. The quantitative estimate of drug-likeness (QED) is 0.789. The maximum atomic E-state index is 9.11. The molecule has 15 heavy (non-hydrogen) atoms. The summed E-state index contributed by atoms with van der Waals surface area (Å²) >= 11 is 0. The zero-order valence-electron chi connectivity index (χ0n) is 9.12. The fourth-order valence-electron chi connectivity index (χ4n) is 1.32. The van der Waals surface area contributed by atoms with Gasteiger partial charge in [0.1, 0.15) is 6.07 Å². The largest absolute Gasteiger partial charge is 0.393 e. The van der Waals surface area contributed by atoms with Crippen LogP contribution in [-0.4, -0.2) is 17.8 Å². The van der Waals surface area contributed by atoms with Crippen LogP contribution in [0.5, 0.6) is 0 Å². The maximum Gasteiger partial charge on any atom is 0.101 e. The van der Waals surface area contributed by atoms with Gasteiger partial charge in [-0.25, -0.2) is 0 Å². The van der Waals surface area contributed by atoms with E-state index in [1.54, 1.807) is 13.0 Å². The van der Waals surface area contributed by atoms with Crippen molar-refractivity contribution in [2.75, 3.05) is 11.9 Å². The lowest BCUT2D eigenvalue weighted by atomic mass is 10.1. The third-order valence-electron chi connectivity index (χ3n) is 2.17. The molecule has 3 heteroatoms. The highest BCUT2D eigenvalue weighted by Crippen LogP contribution is 2.16. The van der Waals surface area contributed by atoms with E-state index in [1.807, 2.05) is 19.1 Å². The third kappa shape index (κ3) is 3.61. The van der Waals surface area contributed by atoms with Crippen LogP contribution in [-0.2, 0) is 0 Å². The first-order chi connectivity index (χ1) is 7.13. The van der Waals surface area contributed by atoms with Crippen LogP contribution in [0.1, 0.15) is 24.5 Å². The molecule has 0 bridgehead atoms. The summed E-state index contributed by atoms with van der Waals surface area (Å²) in [5.74, 6) is 0. The van der Waals surface area contributed by atoms with Gasteiger partial charge in [-0.3, -0.25) is 0 Å². The van der Waals surface area contributed by atoms with Gasteiger partial charge in [-0.15, -0.1) is 0 Å². The van der Waals surface area contributed by atoms with Crippen LogP contribution in [0.15, 0.2) is 18.2 Å². The highest BCUT2D eigenvalue weighted by molar-refractivity contribution is 5.58. The third-order valence-corrected chi connectivity index (χ3v) is 2.17. The summed E-state index contributed by atoms with van der Waals surface area (Å²) < 4.78 is 0. The topological polar surface area (TPSA) is 56.0 Å². The molecular weight excluding hydrogens is 188 g/mol. The van der Waals surface area contributed by atoms with E-state index in [1.165, 1.54) is 0 Å². The molecule has 0 spiro atoms. The molecule has 1 rings (SSSR count). The first kappa shape index (κ1) is 11.5. The molecule has 3 nitrogen and oxygen atoms in total. The van der Waals surface area contributed by atoms with Gasteiger partial charge in [0.25, 0.3) is 0 Å². The number of rotatable bonds is 4. The number of benzene rings is 1. The van der Waals surface area contributed by atoms with Gasteiger partial charge < -0.3 is 10.4 Å².